The minimum atomic E-state index is 0.469. The predicted octanol–water partition coefficient (Wildman–Crippen LogP) is 0.973. The van der Waals surface area contributed by atoms with Crippen LogP contribution in [0, 0.1) is 6.92 Å². The number of H-pyrrole nitrogens is 1. The molecular weight excluding hydrogens is 240 g/mol. The van der Waals surface area contributed by atoms with Gasteiger partial charge in [-0.1, -0.05) is 0 Å². The monoisotopic (exact) mass is 258 g/mol. The van der Waals surface area contributed by atoms with Crippen LogP contribution >= 0.6 is 0 Å². The molecule has 1 fully saturated rings. The Hall–Kier alpha value is -1.95. The van der Waals surface area contributed by atoms with Gasteiger partial charge in [0.05, 0.1) is 0 Å². The van der Waals surface area contributed by atoms with Crippen molar-refractivity contribution in [2.45, 2.75) is 19.9 Å². The van der Waals surface area contributed by atoms with Crippen LogP contribution in [0.2, 0.25) is 0 Å². The van der Waals surface area contributed by atoms with Crippen molar-refractivity contribution >= 4 is 5.95 Å². The summed E-state index contributed by atoms with van der Waals surface area (Å²) in [5.74, 6) is 1.54. The van der Waals surface area contributed by atoms with Gasteiger partial charge in [0.1, 0.15) is 0 Å². The zero-order valence-corrected chi connectivity index (χ0v) is 11.2. The van der Waals surface area contributed by atoms with Gasteiger partial charge >= 0.3 is 0 Å². The molecule has 0 amide bonds. The first kappa shape index (κ1) is 12.1. The first-order chi connectivity index (χ1) is 9.22. The lowest BCUT2D eigenvalue weighted by Crippen LogP contribution is -2.49. The number of rotatable bonds is 2. The lowest BCUT2D eigenvalue weighted by Gasteiger charge is -2.30. The molecule has 6 heteroatoms. The second-order valence-electron chi connectivity index (χ2n) is 4.97. The van der Waals surface area contributed by atoms with Crippen LogP contribution in [-0.4, -0.2) is 45.8 Å². The molecule has 6 nitrogen and oxygen atoms in total. The van der Waals surface area contributed by atoms with Crippen LogP contribution in [-0.2, 0) is 0 Å². The number of anilines is 1. The summed E-state index contributed by atoms with van der Waals surface area (Å²) < 4.78 is 0. The van der Waals surface area contributed by atoms with Gasteiger partial charge in [0.25, 0.3) is 0 Å². The maximum absolute atomic E-state index is 4.56. The fourth-order valence-corrected chi connectivity index (χ4v) is 2.25. The summed E-state index contributed by atoms with van der Waals surface area (Å²) in [4.78, 5) is 11.0. The van der Waals surface area contributed by atoms with E-state index in [0.717, 1.165) is 42.7 Å². The fraction of sp³-hybridized carbons (Fsp3) is 0.462. The van der Waals surface area contributed by atoms with Gasteiger partial charge in [0.15, 0.2) is 5.82 Å². The fourth-order valence-electron chi connectivity index (χ4n) is 2.25. The predicted molar refractivity (Wildman–Crippen MR) is 74.0 cm³/mol. The highest BCUT2D eigenvalue weighted by atomic mass is 15.4. The van der Waals surface area contributed by atoms with Gasteiger partial charge in [0, 0.05) is 43.1 Å². The summed E-state index contributed by atoms with van der Waals surface area (Å²) in [6, 6.07) is 4.45. The van der Waals surface area contributed by atoms with Crippen LogP contribution in [0.15, 0.2) is 18.3 Å². The van der Waals surface area contributed by atoms with Crippen molar-refractivity contribution in [2.75, 3.05) is 24.5 Å². The number of nitrogens with zero attached hydrogens (tertiary/aromatic N) is 4. The molecule has 1 aliphatic heterocycles. The van der Waals surface area contributed by atoms with Crippen LogP contribution in [0.5, 0.6) is 0 Å². The van der Waals surface area contributed by atoms with Gasteiger partial charge in [-0.25, -0.2) is 0 Å². The van der Waals surface area contributed by atoms with Gasteiger partial charge in [-0.2, -0.15) is 4.98 Å². The van der Waals surface area contributed by atoms with E-state index in [1.165, 1.54) is 0 Å². The number of pyridine rings is 1. The lowest BCUT2D eigenvalue weighted by molar-refractivity contribution is 0.480. The molecule has 0 radical (unpaired) electrons. The van der Waals surface area contributed by atoms with Gasteiger partial charge in [0.2, 0.25) is 5.95 Å². The molecule has 0 spiro atoms. The number of aromatic amines is 1. The summed E-state index contributed by atoms with van der Waals surface area (Å²) in [7, 11) is 0. The second kappa shape index (κ2) is 4.97. The third-order valence-electron chi connectivity index (χ3n) is 3.31. The molecule has 19 heavy (non-hydrogen) atoms. The Morgan fingerprint density at radius 1 is 1.37 bits per heavy atom. The van der Waals surface area contributed by atoms with E-state index in [1.54, 1.807) is 0 Å². The van der Waals surface area contributed by atoms with E-state index in [4.69, 9.17) is 0 Å². The zero-order valence-electron chi connectivity index (χ0n) is 11.2. The SMILES string of the molecule is Cc1ccc(-c2nc(N3CCN[C@@H](C)C3)n[nH]2)cn1. The molecule has 2 N–H and O–H groups in total. The van der Waals surface area contributed by atoms with Gasteiger partial charge in [-0.05, 0) is 26.0 Å². The van der Waals surface area contributed by atoms with Crippen LogP contribution in [0.1, 0.15) is 12.6 Å². The number of hydrogen-bond donors (Lipinski definition) is 2. The van der Waals surface area contributed by atoms with Crippen molar-refractivity contribution in [2.24, 2.45) is 0 Å². The maximum Gasteiger partial charge on any atom is 0.245 e. The minimum absolute atomic E-state index is 0.469. The summed E-state index contributed by atoms with van der Waals surface area (Å²) >= 11 is 0. The lowest BCUT2D eigenvalue weighted by atomic mass is 10.2. The first-order valence-corrected chi connectivity index (χ1v) is 6.56. The number of hydrogen-bond acceptors (Lipinski definition) is 5. The van der Waals surface area contributed by atoms with Crippen molar-refractivity contribution in [1.29, 1.82) is 0 Å². The van der Waals surface area contributed by atoms with E-state index in [2.05, 4.69) is 37.3 Å². The molecule has 3 heterocycles. The van der Waals surface area contributed by atoms with Gasteiger partial charge < -0.3 is 10.2 Å². The average molecular weight is 258 g/mol. The topological polar surface area (TPSA) is 69.7 Å². The van der Waals surface area contributed by atoms with Crippen molar-refractivity contribution in [1.82, 2.24) is 25.5 Å². The second-order valence-corrected chi connectivity index (χ2v) is 4.97. The molecule has 3 rings (SSSR count). The van der Waals surface area contributed by atoms with E-state index < -0.39 is 0 Å². The molecule has 0 bridgehead atoms. The van der Waals surface area contributed by atoms with E-state index in [-0.39, 0.29) is 0 Å². The molecule has 2 aromatic heterocycles. The summed E-state index contributed by atoms with van der Waals surface area (Å²) in [6.45, 7) is 6.98. The molecular formula is C13H18N6. The molecule has 100 valence electrons. The Morgan fingerprint density at radius 3 is 3.00 bits per heavy atom. The van der Waals surface area contributed by atoms with E-state index in [9.17, 15) is 0 Å². The molecule has 0 aromatic carbocycles. The first-order valence-electron chi connectivity index (χ1n) is 6.56. The third kappa shape index (κ3) is 2.58. The molecule has 0 saturated carbocycles. The number of aryl methyl sites for hydroxylation is 1. The van der Waals surface area contributed by atoms with Crippen LogP contribution in [0.3, 0.4) is 0 Å². The van der Waals surface area contributed by atoms with Crippen LogP contribution in [0.4, 0.5) is 5.95 Å². The Morgan fingerprint density at radius 2 is 2.26 bits per heavy atom. The minimum Gasteiger partial charge on any atom is -0.337 e. The van der Waals surface area contributed by atoms with Gasteiger partial charge in [-0.3, -0.25) is 10.1 Å². The highest BCUT2D eigenvalue weighted by Gasteiger charge is 2.19. The van der Waals surface area contributed by atoms with E-state index in [0.29, 0.717) is 6.04 Å². The summed E-state index contributed by atoms with van der Waals surface area (Å²) in [5.41, 5.74) is 1.96. The van der Waals surface area contributed by atoms with Crippen molar-refractivity contribution < 1.29 is 0 Å². The third-order valence-corrected chi connectivity index (χ3v) is 3.31. The van der Waals surface area contributed by atoms with Crippen molar-refractivity contribution in [3.05, 3.63) is 24.0 Å². The Balaban J connectivity index is 1.81. The summed E-state index contributed by atoms with van der Waals surface area (Å²) in [6.07, 6.45) is 1.82. The zero-order chi connectivity index (χ0) is 13.2. The number of piperazine rings is 1. The Bertz CT molecular complexity index is 547. The van der Waals surface area contributed by atoms with Crippen molar-refractivity contribution in [3.63, 3.8) is 0 Å². The quantitative estimate of drug-likeness (QED) is 0.840. The van der Waals surface area contributed by atoms with E-state index in [1.807, 2.05) is 25.3 Å². The Kier molecular flexibility index (Phi) is 3.16. The summed E-state index contributed by atoms with van der Waals surface area (Å²) in [5, 5.41) is 10.7. The largest absolute Gasteiger partial charge is 0.337 e. The maximum atomic E-state index is 4.56. The van der Waals surface area contributed by atoms with E-state index >= 15 is 0 Å². The number of aromatic nitrogens is 4. The average Bonchev–Trinajstić information content (AvgIpc) is 2.89. The van der Waals surface area contributed by atoms with Crippen molar-refractivity contribution in [3.8, 4) is 11.4 Å². The molecule has 2 aromatic rings. The molecule has 1 saturated heterocycles. The highest BCUT2D eigenvalue weighted by Crippen LogP contribution is 2.17. The highest BCUT2D eigenvalue weighted by molar-refractivity contribution is 5.55. The molecule has 1 aliphatic rings. The van der Waals surface area contributed by atoms with Gasteiger partial charge in [-0.15, -0.1) is 5.10 Å². The van der Waals surface area contributed by atoms with Crippen LogP contribution in [0.25, 0.3) is 11.4 Å². The molecule has 1 atom stereocenters. The smallest absolute Gasteiger partial charge is 0.245 e. The Labute approximate surface area is 112 Å². The standard InChI is InChI=1S/C13H18N6/c1-9-3-4-11(7-15-9)12-16-13(18-17-12)19-6-5-14-10(2)8-19/h3-4,7,10,14H,5-6,8H2,1-2H3,(H,16,17,18)/t10-/m0/s1. The molecule has 0 aliphatic carbocycles. The normalized spacial score (nSPS) is 19.7. The number of nitrogens with one attached hydrogen (secondary N) is 2. The molecule has 0 unspecified atom stereocenters. The van der Waals surface area contributed by atoms with Crippen LogP contribution < -0.4 is 10.2 Å².